The number of ether oxygens (including phenoxy) is 1. The van der Waals surface area contributed by atoms with Gasteiger partial charge in [-0.3, -0.25) is 0 Å². The third-order valence-electron chi connectivity index (χ3n) is 5.62. The van der Waals surface area contributed by atoms with Gasteiger partial charge in [0.15, 0.2) is 0 Å². The Morgan fingerprint density at radius 1 is 0.595 bits per heavy atom. The number of fused-ring (bicyclic) bond motifs is 1. The molecule has 0 aliphatic heterocycles. The van der Waals surface area contributed by atoms with Crippen molar-refractivity contribution < 1.29 is 14.6 Å². The molecule has 180 valence electrons. The zero-order chi connectivity index (χ0) is 25.5. The normalized spacial score (nSPS) is 11.4. The van der Waals surface area contributed by atoms with Gasteiger partial charge in [0.2, 0.25) is 0 Å². The monoisotopic (exact) mass is 486 g/mol. The van der Waals surface area contributed by atoms with Gasteiger partial charge in [-0.15, -0.1) is 10.2 Å². The molecule has 5 rings (SSSR count). The van der Waals surface area contributed by atoms with E-state index < -0.39 is 5.97 Å². The average molecular weight is 487 g/mol. The smallest absolute Gasteiger partial charge is 0.335 e. The Bertz CT molecular complexity index is 1580. The van der Waals surface area contributed by atoms with Gasteiger partial charge in [-0.25, -0.2) is 4.79 Å². The minimum atomic E-state index is -0.949. The van der Waals surface area contributed by atoms with Crippen LogP contribution >= 0.6 is 0 Å². The topological polar surface area (TPSA) is 96.0 Å². The lowest BCUT2D eigenvalue weighted by Crippen LogP contribution is -1.98. The van der Waals surface area contributed by atoms with E-state index in [1.807, 2.05) is 91.0 Å². The molecule has 0 bridgehead atoms. The number of hydrogen-bond donors (Lipinski definition) is 1. The number of aromatic carboxylic acids is 1. The first kappa shape index (κ1) is 23.6. The minimum Gasteiger partial charge on any atom is -0.489 e. The SMILES string of the molecule is O=C(O)c1ccc(COc2ccc(N=Nc3ccc(N=Nc4ccccc4)c4ccccc34)cc2)cc1. The summed E-state index contributed by atoms with van der Waals surface area (Å²) >= 11 is 0. The Balaban J connectivity index is 1.28. The molecule has 0 unspecified atom stereocenters. The highest BCUT2D eigenvalue weighted by atomic mass is 16.5. The lowest BCUT2D eigenvalue weighted by Gasteiger charge is -2.07. The fourth-order valence-corrected chi connectivity index (χ4v) is 3.68. The lowest BCUT2D eigenvalue weighted by atomic mass is 10.1. The van der Waals surface area contributed by atoms with Crippen molar-refractivity contribution in [1.82, 2.24) is 0 Å². The van der Waals surface area contributed by atoms with Gasteiger partial charge >= 0.3 is 5.97 Å². The van der Waals surface area contributed by atoms with Crippen molar-refractivity contribution in [2.24, 2.45) is 20.5 Å². The fourth-order valence-electron chi connectivity index (χ4n) is 3.68. The van der Waals surface area contributed by atoms with E-state index >= 15 is 0 Å². The number of rotatable bonds is 8. The lowest BCUT2D eigenvalue weighted by molar-refractivity contribution is 0.0697. The van der Waals surface area contributed by atoms with E-state index in [1.54, 1.807) is 24.3 Å². The van der Waals surface area contributed by atoms with Crippen LogP contribution in [0.4, 0.5) is 22.7 Å². The number of benzene rings is 5. The van der Waals surface area contributed by atoms with E-state index in [1.165, 1.54) is 0 Å². The molecular formula is C30H22N4O3. The van der Waals surface area contributed by atoms with Gasteiger partial charge in [-0.2, -0.15) is 10.2 Å². The first-order valence-corrected chi connectivity index (χ1v) is 11.6. The van der Waals surface area contributed by atoms with Crippen LogP contribution in [0.2, 0.25) is 0 Å². The van der Waals surface area contributed by atoms with Crippen molar-refractivity contribution >= 4 is 39.5 Å². The van der Waals surface area contributed by atoms with Crippen LogP contribution in [0, 0.1) is 0 Å². The zero-order valence-corrected chi connectivity index (χ0v) is 19.7. The highest BCUT2D eigenvalue weighted by Crippen LogP contribution is 2.35. The molecule has 0 radical (unpaired) electrons. The van der Waals surface area contributed by atoms with Crippen LogP contribution in [0.15, 0.2) is 136 Å². The molecule has 5 aromatic rings. The Labute approximate surface area is 213 Å². The molecule has 7 nitrogen and oxygen atoms in total. The van der Waals surface area contributed by atoms with Gasteiger partial charge in [-0.05, 0) is 66.2 Å². The second-order valence-electron chi connectivity index (χ2n) is 8.17. The quantitative estimate of drug-likeness (QED) is 0.222. The number of azo groups is 2. The van der Waals surface area contributed by atoms with Gasteiger partial charge in [0, 0.05) is 10.8 Å². The third-order valence-corrected chi connectivity index (χ3v) is 5.62. The van der Waals surface area contributed by atoms with Crippen LogP contribution in [-0.4, -0.2) is 11.1 Å². The summed E-state index contributed by atoms with van der Waals surface area (Å²) in [5.74, 6) is -0.269. The van der Waals surface area contributed by atoms with Gasteiger partial charge in [-0.1, -0.05) is 54.6 Å². The highest BCUT2D eigenvalue weighted by molar-refractivity contribution is 5.99. The predicted molar refractivity (Wildman–Crippen MR) is 143 cm³/mol. The van der Waals surface area contributed by atoms with Crippen LogP contribution in [0.5, 0.6) is 5.75 Å². The van der Waals surface area contributed by atoms with E-state index in [0.29, 0.717) is 18.0 Å². The maximum absolute atomic E-state index is 11.0. The minimum absolute atomic E-state index is 0.248. The van der Waals surface area contributed by atoms with E-state index in [-0.39, 0.29) is 5.56 Å². The van der Waals surface area contributed by atoms with Crippen LogP contribution in [0.3, 0.4) is 0 Å². The molecule has 0 saturated heterocycles. The summed E-state index contributed by atoms with van der Waals surface area (Å²) in [6, 6.07) is 35.2. The summed E-state index contributed by atoms with van der Waals surface area (Å²) in [6.07, 6.45) is 0. The Hall–Kier alpha value is -5.17. The van der Waals surface area contributed by atoms with E-state index in [9.17, 15) is 4.79 Å². The zero-order valence-electron chi connectivity index (χ0n) is 19.7. The summed E-state index contributed by atoms with van der Waals surface area (Å²) in [6.45, 7) is 0.334. The first-order valence-electron chi connectivity index (χ1n) is 11.6. The molecule has 0 heterocycles. The van der Waals surface area contributed by atoms with Crippen LogP contribution < -0.4 is 4.74 Å². The summed E-state index contributed by atoms with van der Waals surface area (Å²) < 4.78 is 5.80. The van der Waals surface area contributed by atoms with Gasteiger partial charge < -0.3 is 9.84 Å². The van der Waals surface area contributed by atoms with Gasteiger partial charge in [0.05, 0.1) is 28.3 Å². The van der Waals surface area contributed by atoms with Crippen molar-refractivity contribution in [2.75, 3.05) is 0 Å². The number of nitrogens with zero attached hydrogens (tertiary/aromatic N) is 4. The number of carbonyl (C=O) groups is 1. The molecule has 0 amide bonds. The maximum atomic E-state index is 11.0. The molecule has 5 aromatic carbocycles. The summed E-state index contributed by atoms with van der Waals surface area (Å²) in [7, 11) is 0. The van der Waals surface area contributed by atoms with Crippen molar-refractivity contribution in [2.45, 2.75) is 6.61 Å². The maximum Gasteiger partial charge on any atom is 0.335 e. The Kier molecular flexibility index (Phi) is 7.04. The van der Waals surface area contributed by atoms with Gasteiger partial charge in [0.25, 0.3) is 0 Å². The molecule has 37 heavy (non-hydrogen) atoms. The number of hydrogen-bond acceptors (Lipinski definition) is 6. The molecule has 0 atom stereocenters. The van der Waals surface area contributed by atoms with Crippen LogP contribution in [-0.2, 0) is 6.61 Å². The molecule has 7 heteroatoms. The fraction of sp³-hybridized carbons (Fsp3) is 0.0333. The molecule has 1 N–H and O–H groups in total. The second kappa shape index (κ2) is 11.0. The Morgan fingerprint density at radius 2 is 1.14 bits per heavy atom. The number of carboxylic acids is 1. The summed E-state index contributed by atoms with van der Waals surface area (Å²) in [4.78, 5) is 11.0. The molecule has 0 spiro atoms. The van der Waals surface area contributed by atoms with Crippen molar-refractivity contribution in [3.8, 4) is 5.75 Å². The second-order valence-corrected chi connectivity index (χ2v) is 8.17. The Morgan fingerprint density at radius 3 is 1.70 bits per heavy atom. The molecule has 0 aliphatic carbocycles. The largest absolute Gasteiger partial charge is 0.489 e. The van der Waals surface area contributed by atoms with Gasteiger partial charge in [0.1, 0.15) is 12.4 Å². The molecule has 0 saturated carbocycles. The van der Waals surface area contributed by atoms with E-state index in [4.69, 9.17) is 9.84 Å². The predicted octanol–water partition coefficient (Wildman–Crippen LogP) is 8.95. The third kappa shape index (κ3) is 5.91. The van der Waals surface area contributed by atoms with Crippen molar-refractivity contribution in [3.05, 3.63) is 126 Å². The molecule has 0 aromatic heterocycles. The number of carboxylic acid groups (broad SMARTS) is 1. The van der Waals surface area contributed by atoms with Crippen LogP contribution in [0.25, 0.3) is 10.8 Å². The standard InChI is InChI=1S/C30H22N4O3/c35-30(36)22-12-10-21(11-13-22)20-37-25-16-14-24(15-17-25)32-34-29-19-18-28(26-8-4-5-9-27(26)29)33-31-23-6-2-1-3-7-23/h1-19H,20H2,(H,35,36). The first-order chi connectivity index (χ1) is 18.2. The van der Waals surface area contributed by atoms with E-state index in [2.05, 4.69) is 20.5 Å². The highest BCUT2D eigenvalue weighted by Gasteiger charge is 2.06. The molecule has 0 fully saturated rings. The molecule has 0 aliphatic rings. The summed E-state index contributed by atoms with van der Waals surface area (Å²) in [5.41, 5.74) is 4.11. The van der Waals surface area contributed by atoms with Crippen molar-refractivity contribution in [3.63, 3.8) is 0 Å². The molecular weight excluding hydrogens is 464 g/mol. The van der Waals surface area contributed by atoms with Crippen LogP contribution in [0.1, 0.15) is 15.9 Å². The average Bonchev–Trinajstić information content (AvgIpc) is 2.95. The van der Waals surface area contributed by atoms with Crippen molar-refractivity contribution in [1.29, 1.82) is 0 Å². The van der Waals surface area contributed by atoms with E-state index in [0.717, 1.165) is 33.4 Å². The summed E-state index contributed by atoms with van der Waals surface area (Å²) in [5, 5.41) is 28.5.